The number of hydrogen-bond acceptors (Lipinski definition) is 3. The molecule has 1 aliphatic carbocycles. The van der Waals surface area contributed by atoms with Gasteiger partial charge in [0.1, 0.15) is 5.75 Å². The van der Waals surface area contributed by atoms with Crippen molar-refractivity contribution in [2.24, 2.45) is 11.8 Å². The van der Waals surface area contributed by atoms with Crippen molar-refractivity contribution in [1.29, 1.82) is 0 Å². The van der Waals surface area contributed by atoms with Crippen LogP contribution in [-0.2, 0) is 16.3 Å². The van der Waals surface area contributed by atoms with Crippen LogP contribution in [0.5, 0.6) is 5.75 Å². The second-order valence-corrected chi connectivity index (χ2v) is 11.5. The van der Waals surface area contributed by atoms with Gasteiger partial charge in [0, 0.05) is 0 Å². The Morgan fingerprint density at radius 1 is 1.12 bits per heavy atom. The highest BCUT2D eigenvalue weighted by molar-refractivity contribution is 7.92. The molecular formula is C20H31ClO3S. The molecule has 0 spiro atoms. The highest BCUT2D eigenvalue weighted by Crippen LogP contribution is 2.34. The fraction of sp³-hybridized carbons (Fsp3) is 0.700. The van der Waals surface area contributed by atoms with E-state index in [0.29, 0.717) is 28.4 Å². The summed E-state index contributed by atoms with van der Waals surface area (Å²) in [5, 5.41) is 0.663. The zero-order valence-electron chi connectivity index (χ0n) is 15.8. The van der Waals surface area contributed by atoms with Gasteiger partial charge >= 0.3 is 0 Å². The van der Waals surface area contributed by atoms with E-state index in [-0.39, 0.29) is 0 Å². The predicted octanol–water partition coefficient (Wildman–Crippen LogP) is 5.30. The molecule has 0 aromatic heterocycles. The molecule has 0 bridgehead atoms. The molecule has 1 saturated carbocycles. The molecule has 1 aromatic carbocycles. The Bertz CT molecular complexity index is 669. The third kappa shape index (κ3) is 5.62. The van der Waals surface area contributed by atoms with Crippen molar-refractivity contribution in [1.82, 2.24) is 0 Å². The van der Waals surface area contributed by atoms with E-state index in [2.05, 4.69) is 6.07 Å². The maximum atomic E-state index is 12.4. The lowest BCUT2D eigenvalue weighted by Gasteiger charge is -2.30. The summed E-state index contributed by atoms with van der Waals surface area (Å²) in [5.74, 6) is 2.08. The SMILES string of the molecule is COc1ccc(CCC2CCC(CS(=O)(=O)C(C)(C)C)CC2)cc1Cl. The zero-order chi connectivity index (χ0) is 18.7. The van der Waals surface area contributed by atoms with E-state index in [4.69, 9.17) is 16.3 Å². The number of halogens is 1. The largest absolute Gasteiger partial charge is 0.495 e. The number of hydrogen-bond donors (Lipinski definition) is 0. The minimum Gasteiger partial charge on any atom is -0.495 e. The first-order valence-corrected chi connectivity index (χ1v) is 11.2. The molecule has 0 radical (unpaired) electrons. The van der Waals surface area contributed by atoms with Gasteiger partial charge in [-0.2, -0.15) is 0 Å². The first-order chi connectivity index (χ1) is 11.6. The summed E-state index contributed by atoms with van der Waals surface area (Å²) in [6, 6.07) is 5.99. The van der Waals surface area contributed by atoms with Crippen molar-refractivity contribution >= 4 is 21.4 Å². The second-order valence-electron chi connectivity index (χ2n) is 8.29. The second kappa shape index (κ2) is 8.30. The van der Waals surface area contributed by atoms with Gasteiger partial charge in [-0.05, 0) is 76.0 Å². The Labute approximate surface area is 158 Å². The van der Waals surface area contributed by atoms with Gasteiger partial charge in [0.05, 0.1) is 22.6 Å². The summed E-state index contributed by atoms with van der Waals surface area (Å²) in [6.07, 6.45) is 6.48. The highest BCUT2D eigenvalue weighted by Gasteiger charge is 2.33. The van der Waals surface area contributed by atoms with E-state index in [0.717, 1.165) is 38.5 Å². The molecule has 0 unspecified atom stereocenters. The number of ether oxygens (including phenoxy) is 1. The number of benzene rings is 1. The van der Waals surface area contributed by atoms with Crippen LogP contribution >= 0.6 is 11.6 Å². The minimum absolute atomic E-state index is 0.330. The lowest BCUT2D eigenvalue weighted by atomic mass is 9.80. The normalized spacial score (nSPS) is 22.0. The van der Waals surface area contributed by atoms with Crippen LogP contribution in [0.4, 0.5) is 0 Å². The molecule has 1 aliphatic rings. The molecule has 2 rings (SSSR count). The fourth-order valence-corrected chi connectivity index (χ4v) is 5.22. The third-order valence-electron chi connectivity index (χ3n) is 5.41. The minimum atomic E-state index is -3.01. The number of rotatable bonds is 6. The van der Waals surface area contributed by atoms with Crippen molar-refractivity contribution in [2.75, 3.05) is 12.9 Å². The van der Waals surface area contributed by atoms with Crippen LogP contribution in [0.25, 0.3) is 0 Å². The highest BCUT2D eigenvalue weighted by atomic mass is 35.5. The first-order valence-electron chi connectivity index (χ1n) is 9.17. The van der Waals surface area contributed by atoms with Crippen molar-refractivity contribution in [2.45, 2.75) is 64.0 Å². The molecule has 0 amide bonds. The van der Waals surface area contributed by atoms with Crippen LogP contribution in [0.15, 0.2) is 18.2 Å². The number of methoxy groups -OCH3 is 1. The first kappa shape index (κ1) is 20.6. The van der Waals surface area contributed by atoms with E-state index in [1.165, 1.54) is 5.56 Å². The maximum absolute atomic E-state index is 12.4. The van der Waals surface area contributed by atoms with Gasteiger partial charge in [-0.1, -0.05) is 30.5 Å². The van der Waals surface area contributed by atoms with Gasteiger partial charge in [-0.15, -0.1) is 0 Å². The summed E-state index contributed by atoms with van der Waals surface area (Å²) in [5.41, 5.74) is 1.24. The van der Waals surface area contributed by atoms with Crippen LogP contribution in [0.3, 0.4) is 0 Å². The molecule has 0 N–H and O–H groups in total. The van der Waals surface area contributed by atoms with E-state index in [9.17, 15) is 8.42 Å². The van der Waals surface area contributed by atoms with E-state index in [1.807, 2.05) is 12.1 Å². The standard InChI is InChI=1S/C20H31ClO3S/c1-20(2,3)25(22,23)14-17-9-6-15(7-10-17)5-8-16-11-12-19(24-4)18(21)13-16/h11-13,15,17H,5-10,14H2,1-4H3. The van der Waals surface area contributed by atoms with Crippen LogP contribution < -0.4 is 4.74 Å². The van der Waals surface area contributed by atoms with Crippen LogP contribution in [0.2, 0.25) is 5.02 Å². The van der Waals surface area contributed by atoms with Crippen molar-refractivity contribution in [3.05, 3.63) is 28.8 Å². The molecule has 25 heavy (non-hydrogen) atoms. The van der Waals surface area contributed by atoms with Crippen molar-refractivity contribution in [3.63, 3.8) is 0 Å². The van der Waals surface area contributed by atoms with Crippen molar-refractivity contribution < 1.29 is 13.2 Å². The Balaban J connectivity index is 1.80. The lowest BCUT2D eigenvalue weighted by Crippen LogP contribution is -2.34. The number of aryl methyl sites for hydroxylation is 1. The molecule has 3 nitrogen and oxygen atoms in total. The lowest BCUT2D eigenvalue weighted by molar-refractivity contribution is 0.278. The summed E-state index contributed by atoms with van der Waals surface area (Å²) in [7, 11) is -1.38. The summed E-state index contributed by atoms with van der Waals surface area (Å²) < 4.78 is 29.3. The van der Waals surface area contributed by atoms with Gasteiger partial charge in [-0.3, -0.25) is 0 Å². The average Bonchev–Trinajstić information content (AvgIpc) is 2.53. The van der Waals surface area contributed by atoms with Gasteiger partial charge in [0.15, 0.2) is 9.84 Å². The summed E-state index contributed by atoms with van der Waals surface area (Å²) >= 11 is 6.19. The quantitative estimate of drug-likeness (QED) is 0.666. The topological polar surface area (TPSA) is 43.4 Å². The summed E-state index contributed by atoms with van der Waals surface area (Å²) in [6.45, 7) is 5.40. The Hall–Kier alpha value is -0.740. The van der Waals surface area contributed by atoms with Gasteiger partial charge in [0.25, 0.3) is 0 Å². The Kier molecular flexibility index (Phi) is 6.83. The molecular weight excluding hydrogens is 356 g/mol. The van der Waals surface area contributed by atoms with Gasteiger partial charge in [-0.25, -0.2) is 8.42 Å². The van der Waals surface area contributed by atoms with E-state index in [1.54, 1.807) is 27.9 Å². The molecule has 142 valence electrons. The maximum Gasteiger partial charge on any atom is 0.155 e. The van der Waals surface area contributed by atoms with Gasteiger partial charge < -0.3 is 4.74 Å². The Morgan fingerprint density at radius 2 is 1.72 bits per heavy atom. The average molecular weight is 387 g/mol. The molecule has 1 aromatic rings. The number of sulfone groups is 1. The van der Waals surface area contributed by atoms with Crippen LogP contribution in [0, 0.1) is 11.8 Å². The van der Waals surface area contributed by atoms with E-state index < -0.39 is 14.6 Å². The van der Waals surface area contributed by atoms with Crippen LogP contribution in [0.1, 0.15) is 58.4 Å². The predicted molar refractivity (Wildman–Crippen MR) is 105 cm³/mol. The zero-order valence-corrected chi connectivity index (χ0v) is 17.4. The fourth-order valence-electron chi connectivity index (χ4n) is 3.48. The van der Waals surface area contributed by atoms with Crippen molar-refractivity contribution in [3.8, 4) is 5.75 Å². The van der Waals surface area contributed by atoms with E-state index >= 15 is 0 Å². The van der Waals surface area contributed by atoms with Gasteiger partial charge in [0.2, 0.25) is 0 Å². The molecule has 0 atom stereocenters. The molecule has 1 fully saturated rings. The van der Waals surface area contributed by atoms with Crippen LogP contribution in [-0.4, -0.2) is 26.0 Å². The molecule has 0 saturated heterocycles. The smallest absolute Gasteiger partial charge is 0.155 e. The molecule has 0 aliphatic heterocycles. The molecule has 0 heterocycles. The Morgan fingerprint density at radius 3 is 2.24 bits per heavy atom. The monoisotopic (exact) mass is 386 g/mol. The molecule has 5 heteroatoms. The third-order valence-corrected chi connectivity index (χ3v) is 8.48. The summed E-state index contributed by atoms with van der Waals surface area (Å²) in [4.78, 5) is 0.